The fraction of sp³-hybridized carbons (Fsp3) is 0.818. The van der Waals surface area contributed by atoms with E-state index in [9.17, 15) is 9.59 Å². The van der Waals surface area contributed by atoms with Gasteiger partial charge in [-0.2, -0.15) is 9.13 Å². The number of rotatable bonds is 35. The van der Waals surface area contributed by atoms with Crippen molar-refractivity contribution in [3.63, 3.8) is 0 Å². The van der Waals surface area contributed by atoms with E-state index in [2.05, 4.69) is 47.9 Å². The maximum atomic E-state index is 12.3. The summed E-state index contributed by atoms with van der Waals surface area (Å²) in [5, 5.41) is 0. The first kappa shape index (κ1) is 46.4. The lowest BCUT2D eigenvalue weighted by molar-refractivity contribution is -0.698. The molecule has 0 fully saturated rings. The summed E-state index contributed by atoms with van der Waals surface area (Å²) in [5.74, 6) is -0.221. The van der Waals surface area contributed by atoms with Crippen LogP contribution >= 0.6 is 22.7 Å². The number of aromatic nitrogens is 2. The molecule has 0 unspecified atom stereocenters. The molecule has 0 spiro atoms. The minimum atomic E-state index is -0.111. The number of nitrogens with zero attached hydrogens (tertiary/aromatic N) is 2. The number of carbonyl (C=O) groups is 2. The van der Waals surface area contributed by atoms with E-state index in [4.69, 9.17) is 9.47 Å². The highest BCUT2D eigenvalue weighted by Crippen LogP contribution is 2.16. The van der Waals surface area contributed by atoms with E-state index >= 15 is 0 Å². The number of thiazole rings is 2. The Morgan fingerprint density at radius 2 is 0.788 bits per heavy atom. The van der Waals surface area contributed by atoms with Crippen molar-refractivity contribution in [1.82, 2.24) is 0 Å². The van der Waals surface area contributed by atoms with Gasteiger partial charge < -0.3 is 9.47 Å². The molecule has 0 aromatic carbocycles. The topological polar surface area (TPSA) is 60.4 Å². The van der Waals surface area contributed by atoms with Crippen molar-refractivity contribution in [2.45, 2.75) is 221 Å². The maximum Gasteiger partial charge on any atom is 0.305 e. The second-order valence-electron chi connectivity index (χ2n) is 15.1. The molecule has 52 heavy (non-hydrogen) atoms. The summed E-state index contributed by atoms with van der Waals surface area (Å²) in [7, 11) is 0. The van der Waals surface area contributed by atoms with E-state index in [0.29, 0.717) is 26.1 Å². The Balaban J connectivity index is 1.42. The fourth-order valence-corrected chi connectivity index (χ4v) is 8.93. The molecule has 0 aliphatic carbocycles. The molecular weight excluding hydrogens is 685 g/mol. The average molecular weight is 763 g/mol. The summed E-state index contributed by atoms with van der Waals surface area (Å²) in [5.41, 5.74) is 7.10. The van der Waals surface area contributed by atoms with Crippen molar-refractivity contribution in [3.8, 4) is 0 Å². The van der Waals surface area contributed by atoms with E-state index < -0.39 is 0 Å². The molecule has 0 aliphatic heterocycles. The average Bonchev–Trinajstić information content (AvgIpc) is 3.67. The Bertz CT molecular complexity index is 1090. The smallest absolute Gasteiger partial charge is 0.305 e. The Kier molecular flexibility index (Phi) is 28.1. The van der Waals surface area contributed by atoms with Gasteiger partial charge >= 0.3 is 11.9 Å². The van der Waals surface area contributed by atoms with Crippen molar-refractivity contribution < 1.29 is 28.2 Å². The summed E-state index contributed by atoms with van der Waals surface area (Å²) < 4.78 is 15.8. The van der Waals surface area contributed by atoms with Gasteiger partial charge in [-0.15, -0.1) is 0 Å². The molecule has 2 heterocycles. The van der Waals surface area contributed by atoms with Crippen molar-refractivity contribution in [2.75, 3.05) is 13.2 Å². The van der Waals surface area contributed by atoms with Crippen LogP contribution < -0.4 is 9.13 Å². The molecule has 8 heteroatoms. The van der Waals surface area contributed by atoms with Crippen molar-refractivity contribution in [3.05, 3.63) is 32.2 Å². The molecule has 0 radical (unpaired) electrons. The summed E-state index contributed by atoms with van der Waals surface area (Å²) in [4.78, 5) is 27.2. The lowest BCUT2D eigenvalue weighted by atomic mass is 10.1. The third-order valence-corrected chi connectivity index (χ3v) is 12.8. The van der Waals surface area contributed by atoms with E-state index in [-0.39, 0.29) is 11.9 Å². The highest BCUT2D eigenvalue weighted by Gasteiger charge is 2.17. The van der Waals surface area contributed by atoms with Gasteiger partial charge in [0, 0.05) is 52.4 Å². The minimum absolute atomic E-state index is 0.111. The van der Waals surface area contributed by atoms with Gasteiger partial charge in [-0.1, -0.05) is 152 Å². The Labute approximate surface area is 327 Å². The van der Waals surface area contributed by atoms with E-state index in [1.165, 1.54) is 150 Å². The quantitative estimate of drug-likeness (QED) is 0.0399. The Morgan fingerprint density at radius 1 is 0.481 bits per heavy atom. The zero-order valence-electron chi connectivity index (χ0n) is 34.1. The molecule has 0 saturated heterocycles. The molecule has 0 N–H and O–H groups in total. The minimum Gasteiger partial charge on any atom is -0.465 e. The highest BCUT2D eigenvalue weighted by molar-refractivity contribution is 7.09. The standard InChI is InChI=1S/C44H78N2O4S2/c1-5-7-9-11-13-15-17-19-23-27-33-45-37-51-41(39(45)3)31-35-49-43(47)29-25-21-22-26-30-44(48)50-36-32-42-40(4)46(38-52-42)34-28-24-20-18-16-14-12-10-8-6-2/h37-38H,5-36H2,1-4H3/q+2. The lowest BCUT2D eigenvalue weighted by Crippen LogP contribution is -2.34. The van der Waals surface area contributed by atoms with Crippen molar-refractivity contribution in [2.24, 2.45) is 0 Å². The normalized spacial score (nSPS) is 11.4. The van der Waals surface area contributed by atoms with Crippen LogP contribution in [0.2, 0.25) is 0 Å². The lowest BCUT2D eigenvalue weighted by Gasteiger charge is -2.05. The first-order valence-corrected chi connectivity index (χ1v) is 23.5. The van der Waals surface area contributed by atoms with Crippen LogP contribution in [0, 0.1) is 13.8 Å². The number of esters is 2. The molecular formula is C44H78N2O4S2+2. The van der Waals surface area contributed by atoms with Gasteiger partial charge in [0.15, 0.2) is 11.4 Å². The van der Waals surface area contributed by atoms with Crippen LogP contribution in [-0.2, 0) is 45.0 Å². The predicted octanol–water partition coefficient (Wildman–Crippen LogP) is 12.1. The number of hydrogen-bond donors (Lipinski definition) is 0. The largest absolute Gasteiger partial charge is 0.465 e. The molecule has 0 aliphatic rings. The van der Waals surface area contributed by atoms with E-state index in [1.807, 2.05) is 0 Å². The Hall–Kier alpha value is -1.80. The molecule has 0 atom stereocenters. The number of ether oxygens (including phenoxy) is 2. The summed E-state index contributed by atoms with van der Waals surface area (Å²) >= 11 is 3.57. The van der Waals surface area contributed by atoms with Gasteiger partial charge in [0.25, 0.3) is 0 Å². The van der Waals surface area contributed by atoms with Crippen LogP contribution in [-0.4, -0.2) is 25.2 Å². The van der Waals surface area contributed by atoms with Crippen molar-refractivity contribution in [1.29, 1.82) is 0 Å². The number of unbranched alkanes of at least 4 members (excludes halogenated alkanes) is 21. The van der Waals surface area contributed by atoms with Gasteiger partial charge in [0.2, 0.25) is 11.0 Å². The number of carbonyl (C=O) groups excluding carboxylic acids is 2. The molecule has 6 nitrogen and oxygen atoms in total. The van der Waals surface area contributed by atoms with E-state index in [1.54, 1.807) is 22.7 Å². The van der Waals surface area contributed by atoms with Gasteiger partial charge in [-0.05, 0) is 25.7 Å². The predicted molar refractivity (Wildman–Crippen MR) is 219 cm³/mol. The summed E-state index contributed by atoms with van der Waals surface area (Å²) in [6, 6.07) is 0. The third kappa shape index (κ3) is 22.4. The highest BCUT2D eigenvalue weighted by atomic mass is 32.1. The molecule has 2 rings (SSSR count). The van der Waals surface area contributed by atoms with Crippen LogP contribution in [0.5, 0.6) is 0 Å². The first-order chi connectivity index (χ1) is 25.5. The van der Waals surface area contributed by atoms with Crippen LogP contribution in [0.3, 0.4) is 0 Å². The van der Waals surface area contributed by atoms with Crippen molar-refractivity contribution >= 4 is 34.6 Å². The number of hydrogen-bond acceptors (Lipinski definition) is 6. The van der Waals surface area contributed by atoms with Gasteiger partial charge in [0.05, 0.1) is 23.0 Å². The first-order valence-electron chi connectivity index (χ1n) is 21.7. The molecule has 0 bridgehead atoms. The van der Waals surface area contributed by atoms with Crippen LogP contribution in [0.15, 0.2) is 11.0 Å². The SMILES string of the molecule is CCCCCCCCCCCC[n+]1csc(CCOC(=O)CCCCCCC(=O)OCCc2sc[n+](CCCCCCCCCCCC)c2C)c1C. The number of aryl methyl sites for hydroxylation is 2. The monoisotopic (exact) mass is 763 g/mol. The Morgan fingerprint density at radius 3 is 1.13 bits per heavy atom. The van der Waals surface area contributed by atoms with E-state index in [0.717, 1.165) is 51.6 Å². The molecule has 2 aromatic rings. The second kappa shape index (κ2) is 31.5. The zero-order chi connectivity index (χ0) is 37.5. The molecule has 2 aromatic heterocycles. The maximum absolute atomic E-state index is 12.3. The second-order valence-corrected chi connectivity index (χ2v) is 16.9. The molecule has 0 amide bonds. The van der Waals surface area contributed by atoms with Crippen LogP contribution in [0.25, 0.3) is 0 Å². The third-order valence-electron chi connectivity index (χ3n) is 10.5. The fourth-order valence-electron chi connectivity index (χ4n) is 6.91. The zero-order valence-corrected chi connectivity index (χ0v) is 35.8. The van der Waals surface area contributed by atoms with Crippen LogP contribution in [0.4, 0.5) is 0 Å². The van der Waals surface area contributed by atoms with Gasteiger partial charge in [0.1, 0.15) is 13.1 Å². The van der Waals surface area contributed by atoms with Gasteiger partial charge in [-0.3, -0.25) is 9.59 Å². The van der Waals surface area contributed by atoms with Crippen LogP contribution in [0.1, 0.15) is 202 Å². The summed E-state index contributed by atoms with van der Waals surface area (Å²) in [6.07, 6.45) is 33.2. The summed E-state index contributed by atoms with van der Waals surface area (Å²) in [6.45, 7) is 12.0. The molecule has 0 saturated carbocycles. The molecule has 298 valence electrons. The van der Waals surface area contributed by atoms with Gasteiger partial charge in [-0.25, -0.2) is 0 Å².